The minimum atomic E-state index is -0.0114. The van der Waals surface area contributed by atoms with E-state index in [1.54, 1.807) is 11.8 Å². The largest absolute Gasteiger partial charge is 0.372 e. The zero-order valence-electron chi connectivity index (χ0n) is 16.6. The Labute approximate surface area is 157 Å². The number of piperidine rings is 1. The molecule has 1 aliphatic heterocycles. The van der Waals surface area contributed by atoms with Crippen molar-refractivity contribution in [2.45, 2.75) is 47.0 Å². The van der Waals surface area contributed by atoms with Gasteiger partial charge >= 0.3 is 0 Å². The number of carbonyl (C=O) groups excluding carboxylic acids is 2. The normalized spacial score (nSPS) is 15.2. The fourth-order valence-corrected chi connectivity index (χ4v) is 3.33. The number of carbonyl (C=O) groups is 2. The van der Waals surface area contributed by atoms with E-state index < -0.39 is 0 Å². The van der Waals surface area contributed by atoms with E-state index in [9.17, 15) is 9.59 Å². The van der Waals surface area contributed by atoms with Crippen LogP contribution >= 0.6 is 0 Å². The Kier molecular flexibility index (Phi) is 7.49. The second kappa shape index (κ2) is 9.60. The van der Waals surface area contributed by atoms with Gasteiger partial charge in [0.25, 0.3) is 0 Å². The van der Waals surface area contributed by atoms with E-state index in [4.69, 9.17) is 0 Å². The molecule has 0 unspecified atom stereocenters. The Morgan fingerprint density at radius 3 is 2.35 bits per heavy atom. The summed E-state index contributed by atoms with van der Waals surface area (Å²) in [4.78, 5) is 27.9. The Morgan fingerprint density at radius 2 is 1.81 bits per heavy atom. The van der Waals surface area contributed by atoms with E-state index in [2.05, 4.69) is 29.3 Å². The van der Waals surface area contributed by atoms with Crippen LogP contribution in [0.4, 0.5) is 11.4 Å². The first kappa shape index (κ1) is 20.3. The van der Waals surface area contributed by atoms with Gasteiger partial charge in [-0.1, -0.05) is 20.8 Å². The molecule has 0 aromatic heterocycles. The molecule has 1 N–H and O–H groups in total. The van der Waals surface area contributed by atoms with E-state index >= 15 is 0 Å². The lowest BCUT2D eigenvalue weighted by Gasteiger charge is -2.32. The molecule has 1 aliphatic rings. The third-order valence-electron chi connectivity index (χ3n) is 4.94. The van der Waals surface area contributed by atoms with Gasteiger partial charge in [0.05, 0.1) is 0 Å². The van der Waals surface area contributed by atoms with Crippen molar-refractivity contribution in [2.75, 3.05) is 36.0 Å². The van der Waals surface area contributed by atoms with Gasteiger partial charge in [-0.3, -0.25) is 9.59 Å². The summed E-state index contributed by atoms with van der Waals surface area (Å²) in [5.74, 6) is 1.18. The molecule has 1 aromatic carbocycles. The minimum absolute atomic E-state index is 0.0114. The molecule has 144 valence electrons. The van der Waals surface area contributed by atoms with Crippen molar-refractivity contribution in [3.05, 3.63) is 24.3 Å². The third-order valence-corrected chi connectivity index (χ3v) is 4.94. The fraction of sp³-hybridized carbons (Fsp3) is 0.619. The van der Waals surface area contributed by atoms with E-state index in [0.717, 1.165) is 24.7 Å². The molecule has 0 bridgehead atoms. The van der Waals surface area contributed by atoms with E-state index in [1.807, 2.05) is 26.0 Å². The van der Waals surface area contributed by atoms with Gasteiger partial charge in [0.1, 0.15) is 0 Å². The molecule has 0 saturated carbocycles. The summed E-state index contributed by atoms with van der Waals surface area (Å²) in [6.07, 6.45) is 2.98. The standard InChI is InChI=1S/C21H33N3O2/c1-16(2)15-21(26)22-11-14-24(18(4)25)20-7-5-19(6-8-20)23-12-9-17(3)10-13-23/h5-8,16-17H,9-15H2,1-4H3,(H,22,26). The molecular formula is C21H33N3O2. The SMILES string of the molecule is CC(=O)N(CCNC(=O)CC(C)C)c1ccc(N2CCC(C)CC2)cc1. The van der Waals surface area contributed by atoms with Gasteiger partial charge in [0.2, 0.25) is 11.8 Å². The zero-order valence-corrected chi connectivity index (χ0v) is 16.6. The zero-order chi connectivity index (χ0) is 19.1. The molecule has 2 rings (SSSR count). The fourth-order valence-electron chi connectivity index (χ4n) is 3.33. The quantitative estimate of drug-likeness (QED) is 0.811. The van der Waals surface area contributed by atoms with Crippen LogP contribution in [0.5, 0.6) is 0 Å². The number of nitrogens with zero attached hydrogens (tertiary/aromatic N) is 2. The van der Waals surface area contributed by atoms with E-state index in [-0.39, 0.29) is 11.8 Å². The first-order valence-corrected chi connectivity index (χ1v) is 9.76. The maximum absolute atomic E-state index is 12.0. The van der Waals surface area contributed by atoms with Crippen molar-refractivity contribution in [2.24, 2.45) is 11.8 Å². The van der Waals surface area contributed by atoms with Gasteiger partial charge in [-0.05, 0) is 48.9 Å². The van der Waals surface area contributed by atoms with Crippen molar-refractivity contribution >= 4 is 23.2 Å². The molecule has 5 nitrogen and oxygen atoms in total. The summed E-state index contributed by atoms with van der Waals surface area (Å²) in [5.41, 5.74) is 2.10. The highest BCUT2D eigenvalue weighted by atomic mass is 16.2. The predicted octanol–water partition coefficient (Wildman–Crippen LogP) is 3.44. The van der Waals surface area contributed by atoms with Crippen molar-refractivity contribution in [1.82, 2.24) is 5.32 Å². The molecule has 1 aromatic rings. The number of hydrogen-bond acceptors (Lipinski definition) is 3. The summed E-state index contributed by atoms with van der Waals surface area (Å²) in [6, 6.07) is 8.20. The van der Waals surface area contributed by atoms with Crippen molar-refractivity contribution in [3.63, 3.8) is 0 Å². The van der Waals surface area contributed by atoms with Crippen LogP contribution in [-0.4, -0.2) is 38.0 Å². The number of hydrogen-bond donors (Lipinski definition) is 1. The van der Waals surface area contributed by atoms with Crippen LogP contribution in [0.2, 0.25) is 0 Å². The second-order valence-electron chi connectivity index (χ2n) is 7.80. The highest BCUT2D eigenvalue weighted by molar-refractivity contribution is 5.91. The molecular weight excluding hydrogens is 326 g/mol. The van der Waals surface area contributed by atoms with Crippen LogP contribution < -0.4 is 15.1 Å². The predicted molar refractivity (Wildman–Crippen MR) is 108 cm³/mol. The molecule has 1 saturated heterocycles. The van der Waals surface area contributed by atoms with Crippen molar-refractivity contribution < 1.29 is 9.59 Å². The third kappa shape index (κ3) is 6.04. The monoisotopic (exact) mass is 359 g/mol. The maximum atomic E-state index is 12.0. The van der Waals surface area contributed by atoms with Crippen LogP contribution in [0.15, 0.2) is 24.3 Å². The average molecular weight is 360 g/mol. The van der Waals surface area contributed by atoms with Crippen LogP contribution in [0, 0.1) is 11.8 Å². The molecule has 0 atom stereocenters. The van der Waals surface area contributed by atoms with Gasteiger partial charge in [0, 0.05) is 50.9 Å². The molecule has 1 fully saturated rings. The molecule has 1 heterocycles. The van der Waals surface area contributed by atoms with Crippen LogP contribution in [0.25, 0.3) is 0 Å². The molecule has 0 spiro atoms. The Balaban J connectivity index is 1.92. The minimum Gasteiger partial charge on any atom is -0.372 e. The van der Waals surface area contributed by atoms with Crippen molar-refractivity contribution in [1.29, 1.82) is 0 Å². The Hall–Kier alpha value is -2.04. The smallest absolute Gasteiger partial charge is 0.223 e. The first-order valence-electron chi connectivity index (χ1n) is 9.76. The number of amides is 2. The number of nitrogens with one attached hydrogen (secondary N) is 1. The molecule has 0 aliphatic carbocycles. The molecule has 0 radical (unpaired) electrons. The highest BCUT2D eigenvalue weighted by Gasteiger charge is 2.17. The van der Waals surface area contributed by atoms with Gasteiger partial charge in [-0.15, -0.1) is 0 Å². The van der Waals surface area contributed by atoms with Gasteiger partial charge in [-0.2, -0.15) is 0 Å². The van der Waals surface area contributed by atoms with Crippen LogP contribution in [0.1, 0.15) is 47.0 Å². The maximum Gasteiger partial charge on any atom is 0.223 e. The Bertz CT molecular complexity index is 590. The molecule has 5 heteroatoms. The van der Waals surface area contributed by atoms with Gasteiger partial charge in [0.15, 0.2) is 0 Å². The topological polar surface area (TPSA) is 52.7 Å². The van der Waals surface area contributed by atoms with Crippen LogP contribution in [0.3, 0.4) is 0 Å². The second-order valence-corrected chi connectivity index (χ2v) is 7.80. The number of rotatable bonds is 7. The first-order chi connectivity index (χ1) is 12.4. The Morgan fingerprint density at radius 1 is 1.19 bits per heavy atom. The van der Waals surface area contributed by atoms with Crippen molar-refractivity contribution in [3.8, 4) is 0 Å². The molecule has 2 amide bonds. The number of benzene rings is 1. The van der Waals surface area contributed by atoms with Crippen LogP contribution in [-0.2, 0) is 9.59 Å². The average Bonchev–Trinajstić information content (AvgIpc) is 2.59. The summed E-state index contributed by atoms with van der Waals surface area (Å²) < 4.78 is 0. The lowest BCUT2D eigenvalue weighted by molar-refractivity contribution is -0.122. The lowest BCUT2D eigenvalue weighted by Crippen LogP contribution is -2.38. The highest BCUT2D eigenvalue weighted by Crippen LogP contribution is 2.25. The summed E-state index contributed by atoms with van der Waals surface area (Å²) in [5, 5.41) is 2.90. The number of anilines is 2. The molecule has 26 heavy (non-hydrogen) atoms. The summed E-state index contributed by atoms with van der Waals surface area (Å²) >= 11 is 0. The summed E-state index contributed by atoms with van der Waals surface area (Å²) in [7, 11) is 0. The van der Waals surface area contributed by atoms with E-state index in [1.165, 1.54) is 18.5 Å². The van der Waals surface area contributed by atoms with E-state index in [0.29, 0.717) is 25.4 Å². The van der Waals surface area contributed by atoms with Gasteiger partial charge in [-0.25, -0.2) is 0 Å². The van der Waals surface area contributed by atoms with Gasteiger partial charge < -0.3 is 15.1 Å². The lowest BCUT2D eigenvalue weighted by atomic mass is 9.99. The summed E-state index contributed by atoms with van der Waals surface area (Å²) in [6.45, 7) is 11.1.